The first-order valence-electron chi connectivity index (χ1n) is 7.86. The van der Waals surface area contributed by atoms with Crippen LogP contribution in [0, 0.1) is 11.7 Å². The van der Waals surface area contributed by atoms with Gasteiger partial charge in [-0.2, -0.15) is 0 Å². The van der Waals surface area contributed by atoms with Crippen LogP contribution in [0.3, 0.4) is 0 Å². The molecular weight excluding hydrogens is 331 g/mol. The highest BCUT2D eigenvalue weighted by molar-refractivity contribution is 6.30. The van der Waals surface area contributed by atoms with Gasteiger partial charge in [-0.25, -0.2) is 4.39 Å². The Balaban J connectivity index is 1.73. The minimum Gasteiger partial charge on any atom is -0.393 e. The Morgan fingerprint density at radius 1 is 1.33 bits per heavy atom. The fourth-order valence-electron chi connectivity index (χ4n) is 2.96. The number of hydrogen-bond donors (Lipinski definition) is 2. The SMILES string of the molecule is O=C(N[C@@H](Cc1ccncc1)C1CC(O)C1)c1ccc(Cl)c(F)c1. The second-order valence-electron chi connectivity index (χ2n) is 6.15. The number of nitrogens with zero attached hydrogens (tertiary/aromatic N) is 1. The fourth-order valence-corrected chi connectivity index (χ4v) is 3.07. The van der Waals surface area contributed by atoms with E-state index in [1.54, 1.807) is 12.4 Å². The molecule has 0 spiro atoms. The summed E-state index contributed by atoms with van der Waals surface area (Å²) in [6.07, 6.45) is 5.06. The van der Waals surface area contributed by atoms with Crippen LogP contribution in [0.2, 0.25) is 5.02 Å². The van der Waals surface area contributed by atoms with Crippen molar-refractivity contribution in [3.8, 4) is 0 Å². The van der Waals surface area contributed by atoms with Crippen molar-refractivity contribution >= 4 is 17.5 Å². The number of aromatic nitrogens is 1. The summed E-state index contributed by atoms with van der Waals surface area (Å²) < 4.78 is 13.6. The van der Waals surface area contributed by atoms with Crippen LogP contribution >= 0.6 is 11.6 Å². The molecule has 4 nitrogen and oxygen atoms in total. The zero-order valence-electron chi connectivity index (χ0n) is 13.0. The summed E-state index contributed by atoms with van der Waals surface area (Å²) in [7, 11) is 0. The van der Waals surface area contributed by atoms with Crippen LogP contribution in [-0.4, -0.2) is 28.1 Å². The summed E-state index contributed by atoms with van der Waals surface area (Å²) in [6.45, 7) is 0. The van der Waals surface area contributed by atoms with E-state index in [4.69, 9.17) is 11.6 Å². The van der Waals surface area contributed by atoms with Gasteiger partial charge in [0.1, 0.15) is 5.82 Å². The molecule has 1 aromatic heterocycles. The fraction of sp³-hybridized carbons (Fsp3) is 0.333. The number of amides is 1. The van der Waals surface area contributed by atoms with Gasteiger partial charge in [-0.15, -0.1) is 0 Å². The van der Waals surface area contributed by atoms with Crippen LogP contribution in [0.5, 0.6) is 0 Å². The molecular formula is C18H18ClFN2O2. The maximum atomic E-state index is 13.6. The molecule has 1 aliphatic carbocycles. The van der Waals surface area contributed by atoms with Crippen LogP contribution in [0.4, 0.5) is 4.39 Å². The average Bonchev–Trinajstić information content (AvgIpc) is 2.55. The van der Waals surface area contributed by atoms with Gasteiger partial charge in [-0.1, -0.05) is 11.6 Å². The molecule has 3 rings (SSSR count). The molecule has 0 bridgehead atoms. The van der Waals surface area contributed by atoms with Crippen LogP contribution in [0.15, 0.2) is 42.7 Å². The number of rotatable bonds is 5. The lowest BCUT2D eigenvalue weighted by Crippen LogP contribution is -2.48. The highest BCUT2D eigenvalue weighted by Gasteiger charge is 2.35. The zero-order valence-corrected chi connectivity index (χ0v) is 13.7. The summed E-state index contributed by atoms with van der Waals surface area (Å²) in [5, 5.41) is 12.5. The van der Waals surface area contributed by atoms with Crippen LogP contribution in [-0.2, 0) is 6.42 Å². The maximum Gasteiger partial charge on any atom is 0.251 e. The van der Waals surface area contributed by atoms with Crippen molar-refractivity contribution in [1.82, 2.24) is 10.3 Å². The Hall–Kier alpha value is -1.98. The lowest BCUT2D eigenvalue weighted by Gasteiger charge is -2.38. The second kappa shape index (κ2) is 7.28. The summed E-state index contributed by atoms with van der Waals surface area (Å²) in [6, 6.07) is 7.68. The van der Waals surface area contributed by atoms with Gasteiger partial charge in [0.2, 0.25) is 0 Å². The van der Waals surface area contributed by atoms with Crippen molar-refractivity contribution in [3.63, 3.8) is 0 Å². The second-order valence-corrected chi connectivity index (χ2v) is 6.56. The van der Waals surface area contributed by atoms with Crippen LogP contribution in [0.1, 0.15) is 28.8 Å². The predicted octanol–water partition coefficient (Wildman–Crippen LogP) is 2.99. The van der Waals surface area contributed by atoms with Gasteiger partial charge in [0.15, 0.2) is 0 Å². The van der Waals surface area contributed by atoms with Gasteiger partial charge in [0, 0.05) is 24.0 Å². The molecule has 126 valence electrons. The zero-order chi connectivity index (χ0) is 17.1. The molecule has 6 heteroatoms. The van der Waals surface area contributed by atoms with Crippen molar-refractivity contribution in [2.24, 2.45) is 5.92 Å². The summed E-state index contributed by atoms with van der Waals surface area (Å²) in [5.74, 6) is -0.755. The van der Waals surface area contributed by atoms with Crippen molar-refractivity contribution < 1.29 is 14.3 Å². The molecule has 0 unspecified atom stereocenters. The normalized spacial score (nSPS) is 21.0. The Morgan fingerprint density at radius 3 is 2.67 bits per heavy atom. The molecule has 1 saturated carbocycles. The van der Waals surface area contributed by atoms with Gasteiger partial charge >= 0.3 is 0 Å². The number of halogens is 2. The third kappa shape index (κ3) is 3.91. The Morgan fingerprint density at radius 2 is 2.04 bits per heavy atom. The quantitative estimate of drug-likeness (QED) is 0.873. The van der Waals surface area contributed by atoms with E-state index in [9.17, 15) is 14.3 Å². The largest absolute Gasteiger partial charge is 0.393 e. The van der Waals surface area contributed by atoms with E-state index in [1.165, 1.54) is 12.1 Å². The summed E-state index contributed by atoms with van der Waals surface area (Å²) in [5.41, 5.74) is 1.29. The first-order valence-corrected chi connectivity index (χ1v) is 8.23. The van der Waals surface area contributed by atoms with Crippen molar-refractivity contribution in [2.45, 2.75) is 31.4 Å². The molecule has 1 atom stereocenters. The van der Waals surface area contributed by atoms with Gasteiger partial charge in [-0.05, 0) is 61.1 Å². The smallest absolute Gasteiger partial charge is 0.251 e. The number of nitrogens with one attached hydrogen (secondary N) is 1. The molecule has 1 heterocycles. The first kappa shape index (κ1) is 16.9. The van der Waals surface area contributed by atoms with Gasteiger partial charge in [0.05, 0.1) is 11.1 Å². The minimum atomic E-state index is -0.617. The van der Waals surface area contributed by atoms with Crippen LogP contribution in [0.25, 0.3) is 0 Å². The molecule has 1 fully saturated rings. The number of carbonyl (C=O) groups is 1. The Bertz CT molecular complexity index is 720. The number of aliphatic hydroxyl groups is 1. The van der Waals surface area contributed by atoms with Crippen molar-refractivity contribution in [3.05, 3.63) is 64.7 Å². The van der Waals surface area contributed by atoms with E-state index in [2.05, 4.69) is 10.3 Å². The summed E-state index contributed by atoms with van der Waals surface area (Å²) >= 11 is 5.66. The molecule has 1 amide bonds. The standard InChI is InChI=1S/C18H18ClFN2O2/c19-15-2-1-12(10-16(15)20)18(24)22-17(13-8-14(23)9-13)7-11-3-5-21-6-4-11/h1-6,10,13-14,17,23H,7-9H2,(H,22,24)/t13?,14?,17-/m0/s1. The Kier molecular flexibility index (Phi) is 5.11. The lowest BCUT2D eigenvalue weighted by atomic mass is 9.75. The molecule has 1 aliphatic rings. The number of benzene rings is 1. The minimum absolute atomic E-state index is 0.0120. The number of pyridine rings is 1. The average molecular weight is 349 g/mol. The predicted molar refractivity (Wildman–Crippen MR) is 89.3 cm³/mol. The molecule has 1 aromatic carbocycles. The van der Waals surface area contributed by atoms with Crippen LogP contribution < -0.4 is 5.32 Å². The third-order valence-corrected chi connectivity index (χ3v) is 4.73. The highest BCUT2D eigenvalue weighted by Crippen LogP contribution is 2.32. The molecule has 2 N–H and O–H groups in total. The van der Waals surface area contributed by atoms with E-state index >= 15 is 0 Å². The van der Waals surface area contributed by atoms with Gasteiger partial charge < -0.3 is 10.4 Å². The van der Waals surface area contributed by atoms with Crippen molar-refractivity contribution in [1.29, 1.82) is 0 Å². The lowest BCUT2D eigenvalue weighted by molar-refractivity contribution is 0.0239. The van der Waals surface area contributed by atoms with E-state index in [0.717, 1.165) is 11.6 Å². The summed E-state index contributed by atoms with van der Waals surface area (Å²) in [4.78, 5) is 16.4. The first-order chi connectivity index (χ1) is 11.5. The monoisotopic (exact) mass is 348 g/mol. The number of aliphatic hydroxyl groups excluding tert-OH is 1. The van der Waals surface area contributed by atoms with Gasteiger partial charge in [-0.3, -0.25) is 9.78 Å². The van der Waals surface area contributed by atoms with E-state index in [1.807, 2.05) is 12.1 Å². The maximum absolute atomic E-state index is 13.6. The molecule has 24 heavy (non-hydrogen) atoms. The molecule has 2 aromatic rings. The molecule has 0 radical (unpaired) electrons. The van der Waals surface area contributed by atoms with Gasteiger partial charge in [0.25, 0.3) is 5.91 Å². The molecule has 0 aliphatic heterocycles. The number of hydrogen-bond acceptors (Lipinski definition) is 3. The highest BCUT2D eigenvalue weighted by atomic mass is 35.5. The van der Waals surface area contributed by atoms with E-state index in [-0.39, 0.29) is 34.6 Å². The Labute approximate surface area is 144 Å². The molecule has 0 saturated heterocycles. The number of carbonyl (C=O) groups excluding carboxylic acids is 1. The third-order valence-electron chi connectivity index (χ3n) is 4.42. The van der Waals surface area contributed by atoms with E-state index < -0.39 is 5.82 Å². The van der Waals surface area contributed by atoms with Crippen molar-refractivity contribution in [2.75, 3.05) is 0 Å². The topological polar surface area (TPSA) is 62.2 Å². The van der Waals surface area contributed by atoms with E-state index in [0.29, 0.717) is 19.3 Å².